The van der Waals surface area contributed by atoms with Gasteiger partial charge >= 0.3 is 0 Å². The minimum Gasteiger partial charge on any atom is -0.340 e. The summed E-state index contributed by atoms with van der Waals surface area (Å²) in [7, 11) is 0. The smallest absolute Gasteiger partial charge is 0.143 e. The fourth-order valence-electron chi connectivity index (χ4n) is 3.23. The lowest BCUT2D eigenvalue weighted by atomic mass is 10.0. The molecule has 0 aliphatic carbocycles. The SMILES string of the molecule is Cc1nc(Nc2ccc(C)c(C)c2)c2c(-c3ccc(F)cc3)c(C)sc2n1. The van der Waals surface area contributed by atoms with E-state index in [2.05, 4.69) is 54.3 Å². The first-order chi connectivity index (χ1) is 12.9. The van der Waals surface area contributed by atoms with Gasteiger partial charge in [-0.3, -0.25) is 0 Å². The molecule has 0 radical (unpaired) electrons. The monoisotopic (exact) mass is 377 g/mol. The lowest BCUT2D eigenvalue weighted by Crippen LogP contribution is -1.99. The molecule has 0 unspecified atom stereocenters. The molecule has 4 aromatic rings. The third kappa shape index (κ3) is 3.30. The van der Waals surface area contributed by atoms with Gasteiger partial charge in [0.2, 0.25) is 0 Å². The van der Waals surface area contributed by atoms with E-state index in [1.165, 1.54) is 23.3 Å². The highest BCUT2D eigenvalue weighted by atomic mass is 32.1. The molecule has 2 aromatic carbocycles. The second-order valence-corrected chi connectivity index (χ2v) is 7.97. The number of fused-ring (bicyclic) bond motifs is 1. The van der Waals surface area contributed by atoms with E-state index >= 15 is 0 Å². The van der Waals surface area contributed by atoms with E-state index in [0.717, 1.165) is 43.6 Å². The highest BCUT2D eigenvalue weighted by molar-refractivity contribution is 7.19. The minimum absolute atomic E-state index is 0.239. The van der Waals surface area contributed by atoms with Gasteiger partial charge in [-0.15, -0.1) is 11.3 Å². The standard InChI is InChI=1S/C22H20FN3S/c1-12-5-10-18(11-13(12)2)26-21-20-19(16-6-8-17(23)9-7-16)14(3)27-22(20)25-15(4)24-21/h5-11H,1-4H3,(H,24,25,26). The fraction of sp³-hybridized carbons (Fsp3) is 0.182. The van der Waals surface area contributed by atoms with Crippen LogP contribution in [0.3, 0.4) is 0 Å². The van der Waals surface area contributed by atoms with Crippen molar-refractivity contribution in [3.63, 3.8) is 0 Å². The maximum atomic E-state index is 13.4. The maximum absolute atomic E-state index is 13.4. The Hall–Kier alpha value is -2.79. The van der Waals surface area contributed by atoms with Crippen LogP contribution in [0.1, 0.15) is 21.8 Å². The number of rotatable bonds is 3. The lowest BCUT2D eigenvalue weighted by molar-refractivity contribution is 0.628. The second kappa shape index (κ2) is 6.74. The highest BCUT2D eigenvalue weighted by Gasteiger charge is 2.18. The van der Waals surface area contributed by atoms with E-state index in [1.54, 1.807) is 11.3 Å². The van der Waals surface area contributed by atoms with Crippen molar-refractivity contribution >= 4 is 33.1 Å². The Morgan fingerprint density at radius 1 is 0.889 bits per heavy atom. The van der Waals surface area contributed by atoms with Gasteiger partial charge in [-0.1, -0.05) is 18.2 Å². The summed E-state index contributed by atoms with van der Waals surface area (Å²) in [5, 5.41) is 4.45. The van der Waals surface area contributed by atoms with Crippen LogP contribution in [-0.4, -0.2) is 9.97 Å². The van der Waals surface area contributed by atoms with Crippen LogP contribution in [0.5, 0.6) is 0 Å². The lowest BCUT2D eigenvalue weighted by Gasteiger charge is -2.11. The fourth-order valence-corrected chi connectivity index (χ4v) is 4.32. The van der Waals surface area contributed by atoms with Gasteiger partial charge < -0.3 is 5.32 Å². The van der Waals surface area contributed by atoms with E-state index in [0.29, 0.717) is 0 Å². The number of aromatic nitrogens is 2. The number of hydrogen-bond acceptors (Lipinski definition) is 4. The van der Waals surface area contributed by atoms with Crippen LogP contribution in [0.4, 0.5) is 15.9 Å². The molecule has 0 saturated heterocycles. The molecular weight excluding hydrogens is 357 g/mol. The number of aryl methyl sites for hydroxylation is 4. The first-order valence-corrected chi connectivity index (χ1v) is 9.62. The third-order valence-electron chi connectivity index (χ3n) is 4.74. The van der Waals surface area contributed by atoms with Crippen LogP contribution in [0, 0.1) is 33.5 Å². The molecule has 0 amide bonds. The first-order valence-electron chi connectivity index (χ1n) is 8.80. The molecule has 0 aliphatic heterocycles. The van der Waals surface area contributed by atoms with Gasteiger partial charge in [0.15, 0.2) is 0 Å². The summed E-state index contributed by atoms with van der Waals surface area (Å²) in [6, 6.07) is 12.9. The minimum atomic E-state index is -0.239. The normalized spacial score (nSPS) is 11.1. The topological polar surface area (TPSA) is 37.8 Å². The van der Waals surface area contributed by atoms with E-state index in [-0.39, 0.29) is 5.82 Å². The van der Waals surface area contributed by atoms with E-state index in [1.807, 2.05) is 19.1 Å². The summed E-state index contributed by atoms with van der Waals surface area (Å²) in [4.78, 5) is 11.4. The van der Waals surface area contributed by atoms with Crippen LogP contribution in [0.25, 0.3) is 21.3 Å². The molecule has 2 aromatic heterocycles. The summed E-state index contributed by atoms with van der Waals surface area (Å²) in [5.41, 5.74) is 5.49. The van der Waals surface area contributed by atoms with Crippen molar-refractivity contribution in [2.24, 2.45) is 0 Å². The zero-order chi connectivity index (χ0) is 19.1. The molecule has 4 rings (SSSR count). The molecule has 0 saturated carbocycles. The van der Waals surface area contributed by atoms with E-state index < -0.39 is 0 Å². The molecule has 27 heavy (non-hydrogen) atoms. The van der Waals surface area contributed by atoms with Gasteiger partial charge in [0.25, 0.3) is 0 Å². The van der Waals surface area contributed by atoms with Gasteiger partial charge in [0.05, 0.1) is 5.39 Å². The molecule has 2 heterocycles. The molecule has 0 fully saturated rings. The van der Waals surface area contributed by atoms with Gasteiger partial charge in [-0.2, -0.15) is 0 Å². The largest absolute Gasteiger partial charge is 0.340 e. The zero-order valence-electron chi connectivity index (χ0n) is 15.7. The average Bonchev–Trinajstić information content (AvgIpc) is 2.95. The van der Waals surface area contributed by atoms with Gasteiger partial charge in [0.1, 0.15) is 22.3 Å². The Kier molecular flexibility index (Phi) is 4.40. The van der Waals surface area contributed by atoms with Crippen molar-refractivity contribution in [1.29, 1.82) is 0 Å². The van der Waals surface area contributed by atoms with Crippen LogP contribution < -0.4 is 5.32 Å². The molecule has 0 spiro atoms. The van der Waals surface area contributed by atoms with Crippen molar-refractivity contribution in [2.45, 2.75) is 27.7 Å². The predicted octanol–water partition coefficient (Wildman–Crippen LogP) is 6.47. The Bertz CT molecular complexity index is 1150. The quantitative estimate of drug-likeness (QED) is 0.444. The van der Waals surface area contributed by atoms with Crippen molar-refractivity contribution in [2.75, 3.05) is 5.32 Å². The van der Waals surface area contributed by atoms with Crippen LogP contribution in [-0.2, 0) is 0 Å². The molecule has 0 aliphatic rings. The summed E-state index contributed by atoms with van der Waals surface area (Å²) < 4.78 is 13.4. The third-order valence-corrected chi connectivity index (χ3v) is 5.74. The zero-order valence-corrected chi connectivity index (χ0v) is 16.5. The number of anilines is 2. The van der Waals surface area contributed by atoms with Gasteiger partial charge in [0, 0.05) is 16.1 Å². The molecule has 5 heteroatoms. The van der Waals surface area contributed by atoms with Crippen molar-refractivity contribution < 1.29 is 4.39 Å². The Labute approximate surface area is 161 Å². The Balaban J connectivity index is 1.91. The molecular formula is C22H20FN3S. The summed E-state index contributed by atoms with van der Waals surface area (Å²) in [5.74, 6) is 1.27. The highest BCUT2D eigenvalue weighted by Crippen LogP contribution is 2.41. The number of benzene rings is 2. The van der Waals surface area contributed by atoms with Crippen molar-refractivity contribution in [1.82, 2.24) is 9.97 Å². The molecule has 136 valence electrons. The van der Waals surface area contributed by atoms with Crippen LogP contribution in [0.15, 0.2) is 42.5 Å². The van der Waals surface area contributed by atoms with E-state index in [4.69, 9.17) is 0 Å². The number of thiophene rings is 1. The predicted molar refractivity (Wildman–Crippen MR) is 111 cm³/mol. The van der Waals surface area contributed by atoms with Gasteiger partial charge in [-0.05, 0) is 68.7 Å². The van der Waals surface area contributed by atoms with Crippen LogP contribution in [0.2, 0.25) is 0 Å². The number of hydrogen-bond donors (Lipinski definition) is 1. The van der Waals surface area contributed by atoms with Crippen molar-refractivity contribution in [3.8, 4) is 11.1 Å². The number of nitrogens with zero attached hydrogens (tertiary/aromatic N) is 2. The summed E-state index contributed by atoms with van der Waals surface area (Å²) in [6.45, 7) is 8.17. The Morgan fingerprint density at radius 3 is 2.33 bits per heavy atom. The Morgan fingerprint density at radius 2 is 1.63 bits per heavy atom. The first kappa shape index (κ1) is 17.6. The molecule has 3 nitrogen and oxygen atoms in total. The van der Waals surface area contributed by atoms with Crippen molar-refractivity contribution in [3.05, 3.63) is 70.1 Å². The van der Waals surface area contributed by atoms with E-state index in [9.17, 15) is 4.39 Å². The van der Waals surface area contributed by atoms with Gasteiger partial charge in [-0.25, -0.2) is 14.4 Å². The molecule has 0 bridgehead atoms. The van der Waals surface area contributed by atoms with Crippen LogP contribution >= 0.6 is 11.3 Å². The number of halogens is 1. The average molecular weight is 377 g/mol. The molecule has 1 N–H and O–H groups in total. The number of nitrogens with one attached hydrogen (secondary N) is 1. The summed E-state index contributed by atoms with van der Waals surface area (Å²) in [6.07, 6.45) is 0. The second-order valence-electron chi connectivity index (χ2n) is 6.76. The maximum Gasteiger partial charge on any atom is 0.143 e. The molecule has 0 atom stereocenters. The summed E-state index contributed by atoms with van der Waals surface area (Å²) >= 11 is 1.64.